The van der Waals surface area contributed by atoms with E-state index in [2.05, 4.69) is 20.8 Å². The van der Waals surface area contributed by atoms with Gasteiger partial charge >= 0.3 is 0 Å². The Morgan fingerprint density at radius 3 is 2.48 bits per heavy atom. The fourth-order valence-electron chi connectivity index (χ4n) is 8.44. The number of methoxy groups -OCH3 is 1. The van der Waals surface area contributed by atoms with Gasteiger partial charge in [-0.3, -0.25) is 0 Å². The molecule has 4 aliphatic carbocycles. The van der Waals surface area contributed by atoms with E-state index in [-0.39, 0.29) is 5.41 Å². The van der Waals surface area contributed by atoms with Crippen molar-refractivity contribution in [2.24, 2.45) is 33.5 Å². The van der Waals surface area contributed by atoms with Gasteiger partial charge in [-0.1, -0.05) is 27.2 Å². The van der Waals surface area contributed by atoms with Gasteiger partial charge in [-0.25, -0.2) is 0 Å². The molecule has 3 heteroatoms. The molecule has 0 aromatic rings. The van der Waals surface area contributed by atoms with Crippen molar-refractivity contribution in [2.75, 3.05) is 20.5 Å². The van der Waals surface area contributed by atoms with Crippen molar-refractivity contribution in [3.05, 3.63) is 0 Å². The third-order valence-electron chi connectivity index (χ3n) is 9.44. The van der Waals surface area contributed by atoms with Crippen LogP contribution in [0.1, 0.15) is 78.6 Å². The molecule has 25 heavy (non-hydrogen) atoms. The lowest BCUT2D eigenvalue weighted by Crippen LogP contribution is -2.57. The van der Waals surface area contributed by atoms with Crippen molar-refractivity contribution in [2.45, 2.75) is 84.7 Å². The molecule has 1 N–H and O–H groups in total. The van der Waals surface area contributed by atoms with Gasteiger partial charge < -0.3 is 14.6 Å². The van der Waals surface area contributed by atoms with Crippen molar-refractivity contribution in [3.63, 3.8) is 0 Å². The molecule has 0 saturated heterocycles. The molecule has 4 rings (SSSR count). The van der Waals surface area contributed by atoms with E-state index in [0.717, 1.165) is 5.92 Å². The Morgan fingerprint density at radius 2 is 1.76 bits per heavy atom. The Labute approximate surface area is 153 Å². The molecule has 144 valence electrons. The van der Waals surface area contributed by atoms with Gasteiger partial charge in [-0.2, -0.15) is 0 Å². The van der Waals surface area contributed by atoms with Gasteiger partial charge in [-0.15, -0.1) is 0 Å². The number of rotatable bonds is 4. The summed E-state index contributed by atoms with van der Waals surface area (Å²) in [6.45, 7) is 8.21. The van der Waals surface area contributed by atoms with Crippen LogP contribution in [0, 0.1) is 33.5 Å². The third-order valence-corrected chi connectivity index (χ3v) is 9.44. The van der Waals surface area contributed by atoms with Crippen LogP contribution in [0.4, 0.5) is 0 Å². The standard InChI is InChI=1S/C22H38O3/c1-19-10-6-17-21(3)9-5-8-20(2,14-23)16(21)7-11-22(17,13-19)12-18(19)25-15-24-4/h16-18,23H,5-15H2,1-4H3/t16-,17+,18-,19+,20+,21-,22+/m1/s1. The number of aliphatic hydroxyl groups excluding tert-OH is 1. The van der Waals surface area contributed by atoms with Crippen molar-refractivity contribution < 1.29 is 14.6 Å². The summed E-state index contributed by atoms with van der Waals surface area (Å²) in [5.74, 6) is 1.51. The first-order chi connectivity index (χ1) is 11.8. The zero-order chi connectivity index (χ0) is 17.9. The maximum absolute atomic E-state index is 10.2. The maximum Gasteiger partial charge on any atom is 0.146 e. The van der Waals surface area contributed by atoms with Crippen LogP contribution >= 0.6 is 0 Å². The Balaban J connectivity index is 1.64. The lowest BCUT2D eigenvalue weighted by atomic mass is 9.40. The Morgan fingerprint density at radius 1 is 1.00 bits per heavy atom. The van der Waals surface area contributed by atoms with E-state index in [4.69, 9.17) is 9.47 Å². The zero-order valence-electron chi connectivity index (χ0n) is 16.8. The second-order valence-corrected chi connectivity index (χ2v) is 10.8. The number of hydrogen-bond acceptors (Lipinski definition) is 3. The molecule has 0 aromatic heterocycles. The average Bonchev–Trinajstić information content (AvgIpc) is 2.78. The highest BCUT2D eigenvalue weighted by atomic mass is 16.7. The van der Waals surface area contributed by atoms with E-state index in [9.17, 15) is 5.11 Å². The lowest BCUT2D eigenvalue weighted by molar-refractivity contribution is -0.163. The first-order valence-corrected chi connectivity index (χ1v) is 10.5. The minimum atomic E-state index is 0.139. The number of ether oxygens (including phenoxy) is 2. The maximum atomic E-state index is 10.2. The highest BCUT2D eigenvalue weighted by Crippen LogP contribution is 2.73. The van der Waals surface area contributed by atoms with Crippen molar-refractivity contribution in [1.82, 2.24) is 0 Å². The summed E-state index contributed by atoms with van der Waals surface area (Å²) < 4.78 is 11.4. The molecule has 3 nitrogen and oxygen atoms in total. The van der Waals surface area contributed by atoms with E-state index in [1.807, 2.05) is 0 Å². The van der Waals surface area contributed by atoms with Crippen molar-refractivity contribution >= 4 is 0 Å². The molecule has 0 amide bonds. The minimum absolute atomic E-state index is 0.139. The molecule has 7 atom stereocenters. The molecule has 0 heterocycles. The highest BCUT2D eigenvalue weighted by molar-refractivity contribution is 5.16. The molecule has 0 aromatic carbocycles. The Hall–Kier alpha value is -0.120. The predicted molar refractivity (Wildman–Crippen MR) is 99.1 cm³/mol. The quantitative estimate of drug-likeness (QED) is 0.742. The number of hydrogen-bond donors (Lipinski definition) is 1. The molecule has 4 saturated carbocycles. The van der Waals surface area contributed by atoms with Crippen molar-refractivity contribution in [1.29, 1.82) is 0 Å². The molecule has 4 fully saturated rings. The molecule has 0 unspecified atom stereocenters. The summed E-state index contributed by atoms with van der Waals surface area (Å²) in [6.07, 6.45) is 12.1. The van der Waals surface area contributed by atoms with E-state index in [1.54, 1.807) is 7.11 Å². The molecule has 4 aliphatic rings. The summed E-state index contributed by atoms with van der Waals surface area (Å²) in [4.78, 5) is 0. The lowest BCUT2D eigenvalue weighted by Gasteiger charge is -2.64. The predicted octanol–water partition coefficient (Wildman–Crippen LogP) is 4.77. The van der Waals surface area contributed by atoms with Gasteiger partial charge in [0.2, 0.25) is 0 Å². The van der Waals surface area contributed by atoms with Crippen LogP contribution in [0.5, 0.6) is 0 Å². The second kappa shape index (κ2) is 5.94. The van der Waals surface area contributed by atoms with Crippen LogP contribution < -0.4 is 0 Å². The fraction of sp³-hybridized carbons (Fsp3) is 1.00. The largest absolute Gasteiger partial charge is 0.396 e. The van der Waals surface area contributed by atoms with Crippen molar-refractivity contribution in [3.8, 4) is 0 Å². The number of aliphatic hydroxyl groups is 1. The van der Waals surface area contributed by atoms with Crippen LogP contribution in [0.2, 0.25) is 0 Å². The first kappa shape index (κ1) is 18.3. The Bertz CT molecular complexity index is 521. The first-order valence-electron chi connectivity index (χ1n) is 10.5. The average molecular weight is 351 g/mol. The highest BCUT2D eigenvalue weighted by Gasteiger charge is 2.67. The molecular formula is C22H38O3. The molecule has 0 radical (unpaired) electrons. The van der Waals surface area contributed by atoms with Crippen LogP contribution in [0.15, 0.2) is 0 Å². The fourth-order valence-corrected chi connectivity index (χ4v) is 8.44. The minimum Gasteiger partial charge on any atom is -0.396 e. The normalized spacial score (nSPS) is 54.8. The molecule has 2 bridgehead atoms. The van der Waals surface area contributed by atoms with Crippen LogP contribution in [-0.2, 0) is 9.47 Å². The van der Waals surface area contributed by atoms with Gasteiger partial charge in [0.05, 0.1) is 6.10 Å². The molecule has 0 aliphatic heterocycles. The summed E-state index contributed by atoms with van der Waals surface area (Å²) >= 11 is 0. The van der Waals surface area contributed by atoms with E-state index >= 15 is 0 Å². The van der Waals surface area contributed by atoms with Gasteiger partial charge in [0.15, 0.2) is 0 Å². The van der Waals surface area contributed by atoms with Crippen LogP contribution in [0.3, 0.4) is 0 Å². The van der Waals surface area contributed by atoms with Gasteiger partial charge in [0.25, 0.3) is 0 Å². The van der Waals surface area contributed by atoms with E-state index in [0.29, 0.717) is 41.7 Å². The van der Waals surface area contributed by atoms with E-state index in [1.165, 1.54) is 57.8 Å². The topological polar surface area (TPSA) is 38.7 Å². The van der Waals surface area contributed by atoms with E-state index < -0.39 is 0 Å². The Kier molecular flexibility index (Phi) is 4.34. The SMILES string of the molecule is COCO[C@@H]1C[C@]23CC[C@@H]4[C@](C)(CO)CCC[C@@]4(C)[C@@H]2CC[C@@]1(C)C3. The zero-order valence-corrected chi connectivity index (χ0v) is 16.8. The summed E-state index contributed by atoms with van der Waals surface area (Å²) in [5.41, 5.74) is 1.36. The van der Waals surface area contributed by atoms with Crippen LogP contribution in [0.25, 0.3) is 0 Å². The monoisotopic (exact) mass is 350 g/mol. The summed E-state index contributed by atoms with van der Waals surface area (Å²) in [7, 11) is 1.73. The number of fused-ring (bicyclic) bond motifs is 3. The molecule has 1 spiro atoms. The van der Waals surface area contributed by atoms with Crippen LogP contribution in [-0.4, -0.2) is 31.7 Å². The van der Waals surface area contributed by atoms with Gasteiger partial charge in [-0.05, 0) is 84.9 Å². The second-order valence-electron chi connectivity index (χ2n) is 10.8. The summed E-state index contributed by atoms with van der Waals surface area (Å²) in [6, 6.07) is 0. The molecular weight excluding hydrogens is 312 g/mol. The van der Waals surface area contributed by atoms with Gasteiger partial charge in [0, 0.05) is 13.7 Å². The smallest absolute Gasteiger partial charge is 0.146 e. The van der Waals surface area contributed by atoms with Gasteiger partial charge in [0.1, 0.15) is 6.79 Å². The summed E-state index contributed by atoms with van der Waals surface area (Å²) in [5, 5.41) is 10.2. The third kappa shape index (κ3) is 2.48.